The number of hydrogen-bond acceptors (Lipinski definition) is 6. The second kappa shape index (κ2) is 7.46. The van der Waals surface area contributed by atoms with E-state index >= 15 is 0 Å². The fraction of sp³-hybridized carbons (Fsp3) is 0.238. The summed E-state index contributed by atoms with van der Waals surface area (Å²) in [6.07, 6.45) is 0. The number of carbonyl (C=O) groups is 2. The van der Waals surface area contributed by atoms with Crippen molar-refractivity contribution in [1.29, 1.82) is 0 Å². The third kappa shape index (κ3) is 3.45. The molecule has 1 saturated heterocycles. The second-order valence-corrected chi connectivity index (χ2v) is 8.73. The van der Waals surface area contributed by atoms with E-state index in [2.05, 4.69) is 5.32 Å². The Morgan fingerprint density at radius 1 is 1.03 bits per heavy atom. The van der Waals surface area contributed by atoms with Gasteiger partial charge in [-0.3, -0.25) is 9.59 Å². The topological polar surface area (TPSA) is 92.8 Å². The van der Waals surface area contributed by atoms with Gasteiger partial charge in [0.05, 0.1) is 23.8 Å². The quantitative estimate of drug-likeness (QED) is 0.775. The van der Waals surface area contributed by atoms with E-state index in [0.29, 0.717) is 43.1 Å². The zero-order valence-electron chi connectivity index (χ0n) is 15.8. The molecule has 2 aromatic rings. The molecule has 150 valence electrons. The highest BCUT2D eigenvalue weighted by atomic mass is 32.2. The summed E-state index contributed by atoms with van der Waals surface area (Å²) in [4.78, 5) is 26.2. The molecular weight excluding hydrogens is 392 g/mol. The zero-order chi connectivity index (χ0) is 20.6. The summed E-state index contributed by atoms with van der Waals surface area (Å²) >= 11 is 0. The molecule has 8 heteroatoms. The van der Waals surface area contributed by atoms with E-state index in [1.54, 1.807) is 42.5 Å². The van der Waals surface area contributed by atoms with E-state index in [0.717, 1.165) is 0 Å². The molecule has 2 aromatic carbocycles. The smallest absolute Gasteiger partial charge is 0.268 e. The Kier molecular flexibility index (Phi) is 4.97. The first-order valence-electron chi connectivity index (χ1n) is 9.23. The molecule has 0 bridgehead atoms. The molecular formula is C21H20N2O5S. The van der Waals surface area contributed by atoms with Gasteiger partial charge >= 0.3 is 0 Å². The van der Waals surface area contributed by atoms with Gasteiger partial charge in [0.25, 0.3) is 5.91 Å². The highest BCUT2D eigenvalue weighted by molar-refractivity contribution is 7.97. The number of morpholine rings is 1. The van der Waals surface area contributed by atoms with Crippen LogP contribution in [0.25, 0.3) is 5.70 Å². The van der Waals surface area contributed by atoms with Crippen LogP contribution in [-0.2, 0) is 19.4 Å². The fourth-order valence-corrected chi connectivity index (χ4v) is 5.22. The normalized spacial score (nSPS) is 17.8. The number of nitrogens with one attached hydrogen (secondary N) is 1. The van der Waals surface area contributed by atoms with Crippen molar-refractivity contribution in [3.63, 3.8) is 0 Å². The van der Waals surface area contributed by atoms with Gasteiger partial charge in [-0.25, -0.2) is 8.42 Å². The molecule has 2 heterocycles. The van der Waals surface area contributed by atoms with Crippen LogP contribution in [0.1, 0.15) is 22.8 Å². The average molecular weight is 412 g/mol. The number of ketones is 1. The molecule has 4 rings (SSSR count). The molecule has 0 radical (unpaired) electrons. The van der Waals surface area contributed by atoms with Crippen molar-refractivity contribution >= 4 is 32.9 Å². The molecule has 7 nitrogen and oxygen atoms in total. The Labute approximate surface area is 168 Å². The van der Waals surface area contributed by atoms with Crippen LogP contribution in [0.3, 0.4) is 0 Å². The minimum Gasteiger partial charge on any atom is -0.378 e. The van der Waals surface area contributed by atoms with Crippen molar-refractivity contribution in [2.45, 2.75) is 11.8 Å². The first kappa shape index (κ1) is 19.4. The number of fused-ring (bicyclic) bond motifs is 1. The Balaban J connectivity index is 1.83. The number of carbonyl (C=O) groups excluding carboxylic acids is 2. The summed E-state index contributed by atoms with van der Waals surface area (Å²) in [6, 6.07) is 13.3. The Morgan fingerprint density at radius 3 is 2.48 bits per heavy atom. The van der Waals surface area contributed by atoms with Crippen molar-refractivity contribution in [3.8, 4) is 0 Å². The van der Waals surface area contributed by atoms with E-state index < -0.39 is 15.7 Å². The summed E-state index contributed by atoms with van der Waals surface area (Å²) in [5.74, 6) is -0.651. The van der Waals surface area contributed by atoms with Crippen LogP contribution in [-0.4, -0.2) is 51.3 Å². The summed E-state index contributed by atoms with van der Waals surface area (Å²) in [5.41, 5.74) is 1.70. The minimum atomic E-state index is -3.97. The van der Waals surface area contributed by atoms with Crippen molar-refractivity contribution in [1.82, 2.24) is 4.90 Å². The molecule has 0 spiro atoms. The maximum Gasteiger partial charge on any atom is 0.268 e. The fourth-order valence-electron chi connectivity index (χ4n) is 3.49. The van der Waals surface area contributed by atoms with E-state index in [9.17, 15) is 18.0 Å². The number of sulfone groups is 1. The summed E-state index contributed by atoms with van der Waals surface area (Å²) in [7, 11) is -3.97. The molecule has 2 aliphatic heterocycles. The van der Waals surface area contributed by atoms with Crippen molar-refractivity contribution in [2.24, 2.45) is 0 Å². The SMILES string of the molecule is CC(=O)c1cccc(NC2=C(C(=O)N3CCOCC3)S(=O)(=O)c3ccccc32)c1. The monoisotopic (exact) mass is 412 g/mol. The van der Waals surface area contributed by atoms with Crippen LogP contribution in [0.4, 0.5) is 5.69 Å². The van der Waals surface area contributed by atoms with Gasteiger partial charge in [0.1, 0.15) is 0 Å². The molecule has 0 aromatic heterocycles. The van der Waals surface area contributed by atoms with Gasteiger partial charge in [0.2, 0.25) is 9.84 Å². The zero-order valence-corrected chi connectivity index (χ0v) is 16.7. The van der Waals surface area contributed by atoms with Gasteiger partial charge in [0, 0.05) is 29.9 Å². The summed E-state index contributed by atoms with van der Waals surface area (Å²) < 4.78 is 31.7. The van der Waals surface area contributed by atoms with Crippen LogP contribution in [0.15, 0.2) is 58.3 Å². The van der Waals surface area contributed by atoms with Crippen molar-refractivity contribution in [3.05, 3.63) is 64.6 Å². The third-order valence-electron chi connectivity index (χ3n) is 4.97. The minimum absolute atomic E-state index is 0.0989. The van der Waals surface area contributed by atoms with Crippen LogP contribution in [0.2, 0.25) is 0 Å². The number of ether oxygens (including phenoxy) is 1. The molecule has 0 unspecified atom stereocenters. The first-order chi connectivity index (χ1) is 13.9. The molecule has 0 atom stereocenters. The summed E-state index contributed by atoms with van der Waals surface area (Å²) in [6.45, 7) is 2.87. The van der Waals surface area contributed by atoms with Gasteiger partial charge in [-0.2, -0.15) is 0 Å². The maximum atomic E-state index is 13.2. The van der Waals surface area contributed by atoms with Gasteiger partial charge < -0.3 is 15.0 Å². The molecule has 0 saturated carbocycles. The number of anilines is 1. The number of hydrogen-bond donors (Lipinski definition) is 1. The van der Waals surface area contributed by atoms with Crippen LogP contribution >= 0.6 is 0 Å². The van der Waals surface area contributed by atoms with Gasteiger partial charge in [0.15, 0.2) is 10.7 Å². The lowest BCUT2D eigenvalue weighted by atomic mass is 10.1. The van der Waals surface area contributed by atoms with E-state index in [-0.39, 0.29) is 21.3 Å². The van der Waals surface area contributed by atoms with E-state index in [1.165, 1.54) is 17.9 Å². The Morgan fingerprint density at radius 2 is 1.76 bits per heavy atom. The first-order valence-corrected chi connectivity index (χ1v) is 10.7. The average Bonchev–Trinajstić information content (AvgIpc) is 2.95. The van der Waals surface area contributed by atoms with Gasteiger partial charge in [-0.1, -0.05) is 30.3 Å². The van der Waals surface area contributed by atoms with Crippen LogP contribution < -0.4 is 5.32 Å². The van der Waals surface area contributed by atoms with E-state index in [1.807, 2.05) is 0 Å². The lowest BCUT2D eigenvalue weighted by Crippen LogP contribution is -2.42. The molecule has 1 N–H and O–H groups in total. The number of rotatable bonds is 4. The Hall–Kier alpha value is -2.97. The second-order valence-electron chi connectivity index (χ2n) is 6.87. The summed E-state index contributed by atoms with van der Waals surface area (Å²) in [5, 5.41) is 3.09. The van der Waals surface area contributed by atoms with Crippen molar-refractivity contribution < 1.29 is 22.7 Å². The number of benzene rings is 2. The number of amides is 1. The standard InChI is InChI=1S/C21H20N2O5S/c1-14(24)15-5-4-6-16(13-15)22-19-17-7-2-3-8-18(17)29(26,27)20(19)21(25)23-9-11-28-12-10-23/h2-8,13,22H,9-12H2,1H3. The maximum absolute atomic E-state index is 13.2. The lowest BCUT2D eigenvalue weighted by molar-refractivity contribution is -0.130. The van der Waals surface area contributed by atoms with Crippen LogP contribution in [0, 0.1) is 0 Å². The van der Waals surface area contributed by atoms with Crippen LogP contribution in [0.5, 0.6) is 0 Å². The molecule has 1 amide bonds. The molecule has 0 aliphatic carbocycles. The molecule has 2 aliphatic rings. The highest BCUT2D eigenvalue weighted by Crippen LogP contribution is 2.40. The van der Waals surface area contributed by atoms with Gasteiger partial charge in [-0.15, -0.1) is 0 Å². The van der Waals surface area contributed by atoms with Crippen molar-refractivity contribution in [2.75, 3.05) is 31.6 Å². The molecule has 29 heavy (non-hydrogen) atoms. The van der Waals surface area contributed by atoms with E-state index in [4.69, 9.17) is 4.74 Å². The number of Topliss-reactive ketones (excluding diaryl/α,β-unsaturated/α-hetero) is 1. The predicted octanol–water partition coefficient (Wildman–Crippen LogP) is 2.32. The molecule has 1 fully saturated rings. The lowest BCUT2D eigenvalue weighted by Gasteiger charge is -2.27. The Bertz CT molecular complexity index is 1130. The highest BCUT2D eigenvalue weighted by Gasteiger charge is 2.42. The number of nitrogens with zero attached hydrogens (tertiary/aromatic N) is 1. The largest absolute Gasteiger partial charge is 0.378 e. The predicted molar refractivity (Wildman–Crippen MR) is 108 cm³/mol. The van der Waals surface area contributed by atoms with Gasteiger partial charge in [-0.05, 0) is 25.1 Å². The third-order valence-corrected chi connectivity index (χ3v) is 6.82.